The number of ether oxygens (including phenoxy) is 1. The molecule has 7 N–H and O–H groups in total. The van der Waals surface area contributed by atoms with Gasteiger partial charge in [0.05, 0.1) is 10.2 Å². The molecule has 1 aliphatic rings. The van der Waals surface area contributed by atoms with E-state index in [4.69, 9.17) is 26.6 Å². The standard InChI is InChI=1S/C18H15BrN8O3/c1-7(17(28)29)30-11-3-2-8(4-10(11)19)14-12-13(22)9(5-20)15(23)26-16(12)27-18(25-14)24-6-21/h2-4,7,14H,1H3,(H,28,29)(H6,22,23,24,25,26,27). The number of nitrogens with one attached hydrogen (secondary N) is 2. The first-order valence-electron chi connectivity index (χ1n) is 8.44. The topological polar surface area (TPSA) is 195 Å². The number of hydrogen-bond acceptors (Lipinski definition) is 10. The van der Waals surface area contributed by atoms with E-state index in [1.54, 1.807) is 24.4 Å². The van der Waals surface area contributed by atoms with Gasteiger partial charge in [-0.15, -0.1) is 0 Å². The number of aliphatic imine (C=N–C) groups is 1. The van der Waals surface area contributed by atoms with Crippen LogP contribution in [0.5, 0.6) is 5.75 Å². The molecule has 30 heavy (non-hydrogen) atoms. The summed E-state index contributed by atoms with van der Waals surface area (Å²) in [6.07, 6.45) is 0.730. The Kier molecular flexibility index (Phi) is 5.62. The molecule has 2 unspecified atom stereocenters. The van der Waals surface area contributed by atoms with E-state index in [9.17, 15) is 10.1 Å². The maximum Gasteiger partial charge on any atom is 0.344 e. The number of hydrogen-bond donors (Lipinski definition) is 5. The smallest absolute Gasteiger partial charge is 0.344 e. The molecular formula is C18H15BrN8O3. The van der Waals surface area contributed by atoms with Crippen molar-refractivity contribution in [2.24, 2.45) is 4.99 Å². The van der Waals surface area contributed by atoms with Gasteiger partial charge in [-0.25, -0.2) is 14.8 Å². The molecule has 2 atom stereocenters. The Morgan fingerprint density at radius 3 is 2.77 bits per heavy atom. The Morgan fingerprint density at radius 2 is 2.17 bits per heavy atom. The SMILES string of the molecule is CC(Oc1ccc(C2N=C(NC#N)Nc3nc(N)c(C#N)c(N)c32)cc1Br)C(=O)O. The first-order chi connectivity index (χ1) is 14.3. The van der Waals surface area contributed by atoms with E-state index in [1.165, 1.54) is 6.92 Å². The van der Waals surface area contributed by atoms with Gasteiger partial charge in [-0.2, -0.15) is 10.5 Å². The lowest BCUT2D eigenvalue weighted by atomic mass is 9.95. The number of fused-ring (bicyclic) bond motifs is 1. The summed E-state index contributed by atoms with van der Waals surface area (Å²) in [5.74, 6) is -0.440. The molecule has 0 fully saturated rings. The van der Waals surface area contributed by atoms with Gasteiger partial charge in [-0.3, -0.25) is 5.32 Å². The average molecular weight is 471 g/mol. The number of benzene rings is 1. The summed E-state index contributed by atoms with van der Waals surface area (Å²) in [6, 6.07) is 6.14. The molecule has 2 heterocycles. The van der Waals surface area contributed by atoms with Gasteiger partial charge in [-0.05, 0) is 40.5 Å². The minimum atomic E-state index is -1.10. The second-order valence-corrected chi connectivity index (χ2v) is 7.04. The van der Waals surface area contributed by atoms with Crippen molar-refractivity contribution in [3.8, 4) is 18.0 Å². The molecule has 0 radical (unpaired) electrons. The van der Waals surface area contributed by atoms with Crippen molar-refractivity contribution in [3.05, 3.63) is 39.4 Å². The molecule has 0 saturated carbocycles. The Balaban J connectivity index is 2.11. The lowest BCUT2D eigenvalue weighted by Crippen LogP contribution is -2.32. The summed E-state index contributed by atoms with van der Waals surface area (Å²) < 4.78 is 5.89. The first-order valence-corrected chi connectivity index (χ1v) is 9.23. The van der Waals surface area contributed by atoms with Crippen LogP contribution < -0.4 is 26.8 Å². The number of carbonyl (C=O) groups is 1. The van der Waals surface area contributed by atoms with E-state index in [0.29, 0.717) is 21.3 Å². The van der Waals surface area contributed by atoms with Gasteiger partial charge >= 0.3 is 5.97 Å². The molecule has 12 heteroatoms. The molecule has 0 saturated heterocycles. The number of anilines is 3. The minimum absolute atomic E-state index is 0.0294. The van der Waals surface area contributed by atoms with Gasteiger partial charge in [0, 0.05) is 5.56 Å². The monoisotopic (exact) mass is 470 g/mol. The van der Waals surface area contributed by atoms with Crippen LogP contribution in [-0.4, -0.2) is 28.1 Å². The second-order valence-electron chi connectivity index (χ2n) is 6.19. The number of carboxylic acid groups (broad SMARTS) is 1. The van der Waals surface area contributed by atoms with E-state index < -0.39 is 18.1 Å². The highest BCUT2D eigenvalue weighted by Crippen LogP contribution is 2.42. The number of carboxylic acids is 1. The molecule has 0 amide bonds. The summed E-state index contributed by atoms with van der Waals surface area (Å²) in [7, 11) is 0. The van der Waals surface area contributed by atoms with Gasteiger partial charge < -0.3 is 26.6 Å². The summed E-state index contributed by atoms with van der Waals surface area (Å²) in [6.45, 7) is 1.41. The van der Waals surface area contributed by atoms with Crippen LogP contribution in [0.25, 0.3) is 0 Å². The van der Waals surface area contributed by atoms with Crippen LogP contribution in [0.1, 0.15) is 29.7 Å². The number of nitriles is 2. The van der Waals surface area contributed by atoms with Crippen LogP contribution in [0.4, 0.5) is 17.3 Å². The van der Waals surface area contributed by atoms with Crippen LogP contribution in [0, 0.1) is 22.8 Å². The number of nitrogen functional groups attached to an aromatic ring is 2. The zero-order valence-corrected chi connectivity index (χ0v) is 17.1. The number of halogens is 1. The number of nitrogens with two attached hydrogens (primary N) is 2. The molecule has 152 valence electrons. The van der Waals surface area contributed by atoms with E-state index in [0.717, 1.165) is 0 Å². The van der Waals surface area contributed by atoms with Crippen LogP contribution in [-0.2, 0) is 4.79 Å². The number of rotatable bonds is 4. The highest BCUT2D eigenvalue weighted by molar-refractivity contribution is 9.10. The van der Waals surface area contributed by atoms with E-state index in [1.807, 2.05) is 6.07 Å². The maximum absolute atomic E-state index is 11.0. The molecule has 1 aromatic heterocycles. The molecule has 0 bridgehead atoms. The number of aliphatic carboxylic acids is 1. The van der Waals surface area contributed by atoms with Gasteiger partial charge in [-0.1, -0.05) is 6.07 Å². The number of pyridine rings is 1. The van der Waals surface area contributed by atoms with Crippen molar-refractivity contribution in [1.82, 2.24) is 10.3 Å². The Hall–Kier alpha value is -4.03. The number of guanidine groups is 1. The highest BCUT2D eigenvalue weighted by atomic mass is 79.9. The summed E-state index contributed by atoms with van der Waals surface area (Å²) in [5, 5.41) is 32.6. The predicted octanol–water partition coefficient (Wildman–Crippen LogP) is 1.67. The maximum atomic E-state index is 11.0. The second kappa shape index (κ2) is 8.14. The largest absolute Gasteiger partial charge is 0.479 e. The zero-order chi connectivity index (χ0) is 22.0. The van der Waals surface area contributed by atoms with Crippen molar-refractivity contribution in [2.75, 3.05) is 16.8 Å². The minimum Gasteiger partial charge on any atom is -0.479 e. The molecule has 1 aliphatic heterocycles. The predicted molar refractivity (Wildman–Crippen MR) is 111 cm³/mol. The third kappa shape index (κ3) is 3.76. The van der Waals surface area contributed by atoms with Crippen LogP contribution in [0.15, 0.2) is 27.7 Å². The number of aromatic nitrogens is 1. The molecule has 11 nitrogen and oxygen atoms in total. The molecule has 2 aromatic rings. The van der Waals surface area contributed by atoms with Gasteiger partial charge in [0.15, 0.2) is 12.3 Å². The fraction of sp³-hybridized carbons (Fsp3) is 0.167. The third-order valence-corrected chi connectivity index (χ3v) is 4.90. The van der Waals surface area contributed by atoms with Gasteiger partial charge in [0.25, 0.3) is 0 Å². The van der Waals surface area contributed by atoms with Gasteiger partial charge in [0.1, 0.15) is 35.1 Å². The van der Waals surface area contributed by atoms with E-state index in [-0.39, 0.29) is 28.8 Å². The quantitative estimate of drug-likeness (QED) is 0.323. The lowest BCUT2D eigenvalue weighted by Gasteiger charge is -2.26. The lowest BCUT2D eigenvalue weighted by molar-refractivity contribution is -0.144. The van der Waals surface area contributed by atoms with Crippen molar-refractivity contribution in [2.45, 2.75) is 19.1 Å². The van der Waals surface area contributed by atoms with Crippen LogP contribution >= 0.6 is 15.9 Å². The summed E-state index contributed by atoms with van der Waals surface area (Å²) >= 11 is 3.37. The third-order valence-electron chi connectivity index (χ3n) is 4.28. The molecule has 0 aliphatic carbocycles. The average Bonchev–Trinajstić information content (AvgIpc) is 2.69. The normalized spacial score (nSPS) is 15.5. The zero-order valence-electron chi connectivity index (χ0n) is 15.5. The summed E-state index contributed by atoms with van der Waals surface area (Å²) in [5.41, 5.74) is 13.2. The van der Waals surface area contributed by atoms with Crippen LogP contribution in [0.2, 0.25) is 0 Å². The first kappa shape index (κ1) is 20.7. The van der Waals surface area contributed by atoms with E-state index >= 15 is 0 Å². The van der Waals surface area contributed by atoms with Gasteiger partial charge in [0.2, 0.25) is 5.96 Å². The fourth-order valence-electron chi connectivity index (χ4n) is 2.85. The molecule has 1 aromatic carbocycles. The Bertz CT molecular complexity index is 1150. The Labute approximate surface area is 179 Å². The van der Waals surface area contributed by atoms with Crippen molar-refractivity contribution in [3.63, 3.8) is 0 Å². The number of nitrogens with zero attached hydrogens (tertiary/aromatic N) is 4. The van der Waals surface area contributed by atoms with Crippen LogP contribution in [0.3, 0.4) is 0 Å². The fourth-order valence-corrected chi connectivity index (χ4v) is 3.34. The van der Waals surface area contributed by atoms with Crippen molar-refractivity contribution < 1.29 is 14.6 Å². The summed E-state index contributed by atoms with van der Waals surface area (Å²) in [4.78, 5) is 19.7. The molecule has 0 spiro atoms. The molecular weight excluding hydrogens is 456 g/mol. The van der Waals surface area contributed by atoms with Crippen molar-refractivity contribution >= 4 is 45.2 Å². The highest BCUT2D eigenvalue weighted by Gasteiger charge is 2.30. The Morgan fingerprint density at radius 1 is 1.43 bits per heavy atom. The van der Waals surface area contributed by atoms with Crippen molar-refractivity contribution in [1.29, 1.82) is 10.5 Å². The van der Waals surface area contributed by atoms with E-state index in [2.05, 4.69) is 36.5 Å². The molecule has 3 rings (SSSR count).